The summed E-state index contributed by atoms with van der Waals surface area (Å²) in [6, 6.07) is 28.2. The summed E-state index contributed by atoms with van der Waals surface area (Å²) < 4.78 is 30.2. The van der Waals surface area contributed by atoms with Crippen molar-refractivity contribution in [2.24, 2.45) is 0 Å². The predicted octanol–water partition coefficient (Wildman–Crippen LogP) is 8.04. The van der Waals surface area contributed by atoms with Crippen LogP contribution in [0.15, 0.2) is 112 Å². The highest BCUT2D eigenvalue weighted by Crippen LogP contribution is 2.28. The Morgan fingerprint density at radius 2 is 1.49 bits per heavy atom. The fourth-order valence-electron chi connectivity index (χ4n) is 5.78. The van der Waals surface area contributed by atoms with Crippen LogP contribution in [0, 0.1) is 0 Å². The number of anilines is 1. The molecule has 0 spiro atoms. The normalized spacial score (nSPS) is 14.3. The first-order chi connectivity index (χ1) is 22.6. The maximum atomic E-state index is 14.6. The van der Waals surface area contributed by atoms with Gasteiger partial charge in [0.2, 0.25) is 11.8 Å². The molecule has 11 heteroatoms. The standard InChI is InChI=1S/C36H36BrCl2N3O4S/c37-28-16-14-27(15-17-28)24-41(34(22-26-8-3-1-4-9-26)36(44)40-31-11-5-2-6-12-31)35(43)25-42(32-13-7-10-30(39)23-32)47(45,46)33-20-18-29(38)19-21-33/h1,3-4,7-10,13-21,23,31,34H,2,5-6,11-12,22,24-25H2,(H,40,44)/t34-/m0/s1. The van der Waals surface area contributed by atoms with Gasteiger partial charge in [0.25, 0.3) is 10.0 Å². The summed E-state index contributed by atoms with van der Waals surface area (Å²) in [6.45, 7) is -0.476. The van der Waals surface area contributed by atoms with E-state index in [4.69, 9.17) is 23.2 Å². The molecule has 0 bridgehead atoms. The maximum Gasteiger partial charge on any atom is 0.264 e. The Balaban J connectivity index is 1.56. The SMILES string of the molecule is O=C(NC1CCCCC1)[C@H](Cc1ccccc1)N(Cc1ccc(Br)cc1)C(=O)CN(c1cccc(Cl)c1)S(=O)(=O)c1ccc(Cl)cc1. The number of amides is 2. The zero-order valence-corrected chi connectivity index (χ0v) is 29.6. The van der Waals surface area contributed by atoms with Gasteiger partial charge in [0.1, 0.15) is 12.6 Å². The summed E-state index contributed by atoms with van der Waals surface area (Å²) in [5.41, 5.74) is 1.89. The Morgan fingerprint density at radius 3 is 2.15 bits per heavy atom. The number of carbonyl (C=O) groups excluding carboxylic acids is 2. The van der Waals surface area contributed by atoms with Crippen LogP contribution in [0.1, 0.15) is 43.2 Å². The molecule has 1 aliphatic rings. The van der Waals surface area contributed by atoms with E-state index in [2.05, 4.69) is 21.2 Å². The molecule has 0 saturated heterocycles. The van der Waals surface area contributed by atoms with Gasteiger partial charge in [-0.3, -0.25) is 13.9 Å². The second-order valence-electron chi connectivity index (χ2n) is 11.6. The van der Waals surface area contributed by atoms with Crippen LogP contribution in [0.2, 0.25) is 10.0 Å². The van der Waals surface area contributed by atoms with Gasteiger partial charge in [0, 0.05) is 33.5 Å². The minimum absolute atomic E-state index is 0.0207. The van der Waals surface area contributed by atoms with E-state index in [1.807, 2.05) is 54.6 Å². The molecule has 0 heterocycles. The van der Waals surface area contributed by atoms with Gasteiger partial charge in [-0.2, -0.15) is 0 Å². The molecule has 1 aliphatic carbocycles. The summed E-state index contributed by atoms with van der Waals surface area (Å²) in [7, 11) is -4.26. The van der Waals surface area contributed by atoms with Gasteiger partial charge in [-0.25, -0.2) is 8.42 Å². The lowest BCUT2D eigenvalue weighted by Crippen LogP contribution is -2.55. The van der Waals surface area contributed by atoms with Crippen LogP contribution in [-0.4, -0.2) is 43.8 Å². The molecule has 4 aromatic carbocycles. The van der Waals surface area contributed by atoms with E-state index >= 15 is 0 Å². The van der Waals surface area contributed by atoms with E-state index in [-0.39, 0.29) is 35.5 Å². The molecule has 2 amide bonds. The Morgan fingerprint density at radius 1 is 0.809 bits per heavy atom. The van der Waals surface area contributed by atoms with Crippen molar-refractivity contribution in [1.29, 1.82) is 0 Å². The minimum Gasteiger partial charge on any atom is -0.352 e. The Bertz CT molecular complexity index is 1770. The van der Waals surface area contributed by atoms with E-state index < -0.39 is 28.5 Å². The Labute approximate surface area is 295 Å². The van der Waals surface area contributed by atoms with Crippen molar-refractivity contribution in [3.8, 4) is 0 Å². The summed E-state index contributed by atoms with van der Waals surface area (Å²) in [4.78, 5) is 30.3. The highest BCUT2D eigenvalue weighted by Gasteiger charge is 2.35. The molecule has 0 aliphatic heterocycles. The molecule has 5 rings (SSSR count). The number of rotatable bonds is 12. The van der Waals surface area contributed by atoms with E-state index in [1.54, 1.807) is 18.2 Å². The molecule has 0 radical (unpaired) electrons. The van der Waals surface area contributed by atoms with Gasteiger partial charge in [-0.15, -0.1) is 0 Å². The van der Waals surface area contributed by atoms with Gasteiger partial charge in [-0.05, 0) is 78.6 Å². The first-order valence-electron chi connectivity index (χ1n) is 15.5. The van der Waals surface area contributed by atoms with Crippen LogP contribution in [0.4, 0.5) is 5.69 Å². The minimum atomic E-state index is -4.26. The molecule has 4 aromatic rings. The van der Waals surface area contributed by atoms with Crippen molar-refractivity contribution >= 4 is 66.7 Å². The van der Waals surface area contributed by atoms with Crippen molar-refractivity contribution in [2.75, 3.05) is 10.8 Å². The molecular formula is C36H36BrCl2N3O4S. The zero-order valence-electron chi connectivity index (χ0n) is 25.7. The van der Waals surface area contributed by atoms with Crippen LogP contribution in [0.5, 0.6) is 0 Å². The average Bonchev–Trinajstić information content (AvgIpc) is 3.07. The van der Waals surface area contributed by atoms with Crippen molar-refractivity contribution in [1.82, 2.24) is 10.2 Å². The van der Waals surface area contributed by atoms with Crippen molar-refractivity contribution in [3.63, 3.8) is 0 Å². The van der Waals surface area contributed by atoms with Gasteiger partial charge in [-0.1, -0.05) is 107 Å². The summed E-state index contributed by atoms with van der Waals surface area (Å²) >= 11 is 15.8. The van der Waals surface area contributed by atoms with Crippen molar-refractivity contribution in [3.05, 3.63) is 129 Å². The maximum absolute atomic E-state index is 14.6. The number of hydrogen-bond donors (Lipinski definition) is 1. The summed E-state index contributed by atoms with van der Waals surface area (Å²) in [5.74, 6) is -0.800. The first kappa shape index (κ1) is 35.0. The van der Waals surface area contributed by atoms with Crippen molar-refractivity contribution in [2.45, 2.75) is 62.0 Å². The number of nitrogens with one attached hydrogen (secondary N) is 1. The average molecular weight is 758 g/mol. The third-order valence-corrected chi connectivity index (χ3v) is 11.1. The molecule has 0 unspecified atom stereocenters. The second kappa shape index (κ2) is 16.2. The highest BCUT2D eigenvalue weighted by molar-refractivity contribution is 9.10. The number of hydrogen-bond acceptors (Lipinski definition) is 4. The number of carbonyl (C=O) groups is 2. The van der Waals surface area contributed by atoms with Crippen LogP contribution in [0.3, 0.4) is 0 Å². The third-order valence-electron chi connectivity index (χ3n) is 8.27. The molecule has 1 N–H and O–H groups in total. The van der Waals surface area contributed by atoms with Crippen molar-refractivity contribution < 1.29 is 18.0 Å². The quantitative estimate of drug-likeness (QED) is 0.159. The van der Waals surface area contributed by atoms with Crippen LogP contribution in [0.25, 0.3) is 0 Å². The fraction of sp³-hybridized carbons (Fsp3) is 0.278. The summed E-state index contributed by atoms with van der Waals surface area (Å²) in [5, 5.41) is 3.91. The van der Waals surface area contributed by atoms with Gasteiger partial charge >= 0.3 is 0 Å². The van der Waals surface area contributed by atoms with Gasteiger partial charge in [0.05, 0.1) is 10.6 Å². The molecular weight excluding hydrogens is 721 g/mol. The lowest BCUT2D eigenvalue weighted by atomic mass is 9.94. The number of sulfonamides is 1. The monoisotopic (exact) mass is 755 g/mol. The molecule has 1 atom stereocenters. The van der Waals surface area contributed by atoms with Crippen LogP contribution >= 0.6 is 39.1 Å². The largest absolute Gasteiger partial charge is 0.352 e. The Hall–Kier alpha value is -3.37. The second-order valence-corrected chi connectivity index (χ2v) is 15.3. The topological polar surface area (TPSA) is 86.8 Å². The number of benzene rings is 4. The third kappa shape index (κ3) is 9.38. The summed E-state index contributed by atoms with van der Waals surface area (Å²) in [6.07, 6.45) is 5.22. The fourth-order valence-corrected chi connectivity index (χ4v) is 7.76. The molecule has 246 valence electrons. The Kier molecular flexibility index (Phi) is 12.0. The van der Waals surface area contributed by atoms with Gasteiger partial charge in [0.15, 0.2) is 0 Å². The molecule has 1 saturated carbocycles. The molecule has 1 fully saturated rings. The van der Waals surface area contributed by atoms with Crippen LogP contribution in [-0.2, 0) is 32.6 Å². The molecule has 7 nitrogen and oxygen atoms in total. The van der Waals surface area contributed by atoms with E-state index in [0.29, 0.717) is 10.0 Å². The van der Waals surface area contributed by atoms with E-state index in [9.17, 15) is 18.0 Å². The highest BCUT2D eigenvalue weighted by atomic mass is 79.9. The smallest absolute Gasteiger partial charge is 0.264 e. The number of halogens is 3. The zero-order chi connectivity index (χ0) is 33.4. The first-order valence-corrected chi connectivity index (χ1v) is 18.5. The predicted molar refractivity (Wildman–Crippen MR) is 191 cm³/mol. The molecule has 0 aromatic heterocycles. The van der Waals surface area contributed by atoms with Gasteiger partial charge < -0.3 is 10.2 Å². The van der Waals surface area contributed by atoms with Crippen LogP contribution < -0.4 is 9.62 Å². The molecule has 47 heavy (non-hydrogen) atoms. The lowest BCUT2D eigenvalue weighted by Gasteiger charge is -2.35. The van der Waals surface area contributed by atoms with E-state index in [1.165, 1.54) is 35.2 Å². The lowest BCUT2D eigenvalue weighted by molar-refractivity contribution is -0.140. The number of nitrogens with zero attached hydrogens (tertiary/aromatic N) is 2. The van der Waals surface area contributed by atoms with E-state index in [0.717, 1.165) is 52.0 Å².